The van der Waals surface area contributed by atoms with Crippen molar-refractivity contribution in [2.24, 2.45) is 0 Å². The van der Waals surface area contributed by atoms with Crippen molar-refractivity contribution in [3.05, 3.63) is 53.7 Å². The molecule has 1 aliphatic rings. The van der Waals surface area contributed by atoms with Gasteiger partial charge in [0.15, 0.2) is 11.5 Å². The third kappa shape index (κ3) is 3.11. The lowest BCUT2D eigenvalue weighted by molar-refractivity contribution is 0.373. The molecular formula is C22H23N3O3. The van der Waals surface area contributed by atoms with Crippen molar-refractivity contribution < 1.29 is 14.6 Å². The van der Waals surface area contributed by atoms with Crippen LogP contribution in [0.15, 0.2) is 42.6 Å². The number of anilines is 2. The number of hydrogen-bond acceptors (Lipinski definition) is 6. The number of rotatable bonds is 4. The van der Waals surface area contributed by atoms with Gasteiger partial charge >= 0.3 is 0 Å². The number of hydrogen-bond donors (Lipinski definition) is 2. The van der Waals surface area contributed by atoms with Gasteiger partial charge in [0.25, 0.3) is 0 Å². The molecule has 1 aliphatic carbocycles. The Bertz CT molecular complexity index is 1050. The predicted molar refractivity (Wildman–Crippen MR) is 109 cm³/mol. The Morgan fingerprint density at radius 2 is 1.89 bits per heavy atom. The van der Waals surface area contributed by atoms with Gasteiger partial charge < -0.3 is 19.9 Å². The highest BCUT2D eigenvalue weighted by molar-refractivity contribution is 5.74. The Kier molecular flexibility index (Phi) is 4.34. The first kappa shape index (κ1) is 18.1. The van der Waals surface area contributed by atoms with E-state index < -0.39 is 0 Å². The molecule has 6 nitrogen and oxygen atoms in total. The fraction of sp³-hybridized carbons (Fsp3) is 0.273. The molecule has 6 heteroatoms. The molecule has 0 spiro atoms. The summed E-state index contributed by atoms with van der Waals surface area (Å²) in [6.45, 7) is 4.46. The smallest absolute Gasteiger partial charge is 0.227 e. The Labute approximate surface area is 164 Å². The number of phenols is 1. The molecule has 0 amide bonds. The normalized spacial score (nSPS) is 14.0. The summed E-state index contributed by atoms with van der Waals surface area (Å²) in [5, 5.41) is 13.1. The van der Waals surface area contributed by atoms with E-state index in [1.165, 1.54) is 12.7 Å². The zero-order chi connectivity index (χ0) is 19.9. The quantitative estimate of drug-likeness (QED) is 0.700. The largest absolute Gasteiger partial charge is 0.504 e. The van der Waals surface area contributed by atoms with Crippen LogP contribution in [0.3, 0.4) is 0 Å². The van der Waals surface area contributed by atoms with Gasteiger partial charge in [-0.15, -0.1) is 0 Å². The molecule has 0 saturated carbocycles. The molecule has 0 unspecified atom stereocenters. The molecule has 2 N–H and O–H groups in total. The molecule has 1 aromatic heterocycles. The Hall–Kier alpha value is -3.28. The van der Waals surface area contributed by atoms with Crippen LogP contribution in [0.5, 0.6) is 17.2 Å². The monoisotopic (exact) mass is 377 g/mol. The topological polar surface area (TPSA) is 76.5 Å². The zero-order valence-corrected chi connectivity index (χ0v) is 16.4. The number of ether oxygens (including phenoxy) is 2. The van der Waals surface area contributed by atoms with Gasteiger partial charge in [-0.3, -0.25) is 0 Å². The molecule has 0 bridgehead atoms. The van der Waals surface area contributed by atoms with E-state index in [1.807, 2.05) is 18.3 Å². The van der Waals surface area contributed by atoms with E-state index in [9.17, 15) is 5.11 Å². The summed E-state index contributed by atoms with van der Waals surface area (Å²) < 4.78 is 10.5. The number of aromatic hydroxyl groups is 1. The van der Waals surface area contributed by atoms with Crippen molar-refractivity contribution in [1.82, 2.24) is 9.97 Å². The molecule has 0 radical (unpaired) electrons. The lowest BCUT2D eigenvalue weighted by Gasteiger charge is -2.33. The lowest BCUT2D eigenvalue weighted by Crippen LogP contribution is -2.26. The second-order valence-corrected chi connectivity index (χ2v) is 7.55. The van der Waals surface area contributed by atoms with Gasteiger partial charge in [-0.05, 0) is 47.2 Å². The van der Waals surface area contributed by atoms with Crippen molar-refractivity contribution >= 4 is 11.6 Å². The van der Waals surface area contributed by atoms with E-state index in [1.54, 1.807) is 25.3 Å². The van der Waals surface area contributed by atoms with E-state index in [0.29, 0.717) is 17.4 Å². The lowest BCUT2D eigenvalue weighted by atomic mass is 9.72. The molecular weight excluding hydrogens is 354 g/mol. The summed E-state index contributed by atoms with van der Waals surface area (Å²) in [7, 11) is 3.18. The summed E-state index contributed by atoms with van der Waals surface area (Å²) in [5.41, 5.74) is 4.99. The minimum absolute atomic E-state index is 0.00527. The van der Waals surface area contributed by atoms with E-state index in [0.717, 1.165) is 29.0 Å². The first-order valence-electron chi connectivity index (χ1n) is 9.10. The van der Waals surface area contributed by atoms with Gasteiger partial charge in [0, 0.05) is 23.5 Å². The number of benzene rings is 2. The maximum absolute atomic E-state index is 9.99. The van der Waals surface area contributed by atoms with Gasteiger partial charge in [0.1, 0.15) is 5.75 Å². The molecule has 2 aromatic carbocycles. The first-order valence-corrected chi connectivity index (χ1v) is 9.10. The summed E-state index contributed by atoms with van der Waals surface area (Å²) in [5.74, 6) is 1.75. The van der Waals surface area contributed by atoms with Crippen LogP contribution in [0.1, 0.15) is 25.0 Å². The standard InChI is InChI=1S/C22H23N3O3/c1-22(2)11-13-12-23-21(24-14-5-8-19(28-4)18(26)9-14)25-20(13)16-10-15(27-3)6-7-17(16)22/h5-10,12,26H,11H2,1-4H3,(H,23,24,25). The van der Waals surface area contributed by atoms with Gasteiger partial charge in [-0.1, -0.05) is 19.9 Å². The number of aromatic nitrogens is 2. The molecule has 0 fully saturated rings. The average Bonchev–Trinajstić information content (AvgIpc) is 2.68. The van der Waals surface area contributed by atoms with E-state index in [-0.39, 0.29) is 11.2 Å². The molecule has 0 saturated heterocycles. The Balaban J connectivity index is 1.74. The van der Waals surface area contributed by atoms with Crippen LogP contribution in [-0.4, -0.2) is 29.3 Å². The minimum atomic E-state index is -0.00527. The number of methoxy groups -OCH3 is 2. The Morgan fingerprint density at radius 3 is 2.61 bits per heavy atom. The summed E-state index contributed by atoms with van der Waals surface area (Å²) in [4.78, 5) is 9.25. The molecule has 0 atom stereocenters. The highest BCUT2D eigenvalue weighted by Crippen LogP contribution is 2.43. The van der Waals surface area contributed by atoms with Crippen molar-refractivity contribution in [3.63, 3.8) is 0 Å². The third-order valence-corrected chi connectivity index (χ3v) is 5.14. The molecule has 144 valence electrons. The van der Waals surface area contributed by atoms with Gasteiger partial charge in [-0.25, -0.2) is 9.97 Å². The van der Waals surface area contributed by atoms with Crippen molar-refractivity contribution in [1.29, 1.82) is 0 Å². The van der Waals surface area contributed by atoms with Crippen molar-refractivity contribution in [3.8, 4) is 28.5 Å². The summed E-state index contributed by atoms with van der Waals surface area (Å²) in [6.07, 6.45) is 2.74. The van der Waals surface area contributed by atoms with Crippen LogP contribution in [0.2, 0.25) is 0 Å². The fourth-order valence-electron chi connectivity index (χ4n) is 3.73. The Morgan fingerprint density at radius 1 is 1.07 bits per heavy atom. The average molecular weight is 377 g/mol. The van der Waals surface area contributed by atoms with Gasteiger partial charge in [0.05, 0.1) is 19.9 Å². The number of phenolic OH excluding ortho intramolecular Hbond substituents is 1. The zero-order valence-electron chi connectivity index (χ0n) is 16.4. The first-order chi connectivity index (χ1) is 13.4. The highest BCUT2D eigenvalue weighted by atomic mass is 16.5. The van der Waals surface area contributed by atoms with E-state index in [2.05, 4.69) is 30.2 Å². The molecule has 3 aromatic rings. The van der Waals surface area contributed by atoms with Gasteiger partial charge in [-0.2, -0.15) is 0 Å². The molecule has 28 heavy (non-hydrogen) atoms. The maximum atomic E-state index is 9.99. The number of nitrogens with zero attached hydrogens (tertiary/aromatic N) is 2. The second kappa shape index (κ2) is 6.71. The molecule has 0 aliphatic heterocycles. The van der Waals surface area contributed by atoms with Crippen LogP contribution in [0.25, 0.3) is 11.3 Å². The van der Waals surface area contributed by atoms with Crippen LogP contribution >= 0.6 is 0 Å². The van der Waals surface area contributed by atoms with Crippen LogP contribution in [-0.2, 0) is 11.8 Å². The van der Waals surface area contributed by atoms with Crippen LogP contribution < -0.4 is 14.8 Å². The maximum Gasteiger partial charge on any atom is 0.227 e. The SMILES string of the molecule is COc1ccc2c(c1)-c1nc(Nc3ccc(OC)c(O)c3)ncc1CC2(C)C. The second-order valence-electron chi connectivity index (χ2n) is 7.55. The minimum Gasteiger partial charge on any atom is -0.504 e. The molecule has 4 rings (SSSR count). The van der Waals surface area contributed by atoms with Crippen molar-refractivity contribution in [2.75, 3.05) is 19.5 Å². The fourth-order valence-corrected chi connectivity index (χ4v) is 3.73. The summed E-state index contributed by atoms with van der Waals surface area (Å²) >= 11 is 0. The van der Waals surface area contributed by atoms with Gasteiger partial charge in [0.2, 0.25) is 5.95 Å². The van der Waals surface area contributed by atoms with Crippen LogP contribution in [0.4, 0.5) is 11.6 Å². The predicted octanol–water partition coefficient (Wildman–Crippen LogP) is 4.44. The van der Waals surface area contributed by atoms with E-state index in [4.69, 9.17) is 14.5 Å². The number of fused-ring (bicyclic) bond motifs is 3. The highest BCUT2D eigenvalue weighted by Gasteiger charge is 2.32. The van der Waals surface area contributed by atoms with E-state index >= 15 is 0 Å². The van der Waals surface area contributed by atoms with Crippen LogP contribution in [0, 0.1) is 0 Å². The summed E-state index contributed by atoms with van der Waals surface area (Å²) in [6, 6.07) is 11.2. The number of nitrogens with one attached hydrogen (secondary N) is 1. The third-order valence-electron chi connectivity index (χ3n) is 5.14. The molecule has 1 heterocycles. The van der Waals surface area contributed by atoms with Crippen molar-refractivity contribution in [2.45, 2.75) is 25.7 Å².